The van der Waals surface area contributed by atoms with Crippen molar-refractivity contribution in [2.75, 3.05) is 13.7 Å². The normalized spacial score (nSPS) is 13.6. The first kappa shape index (κ1) is 37.0. The number of hydrogen-bond acceptors (Lipinski definition) is 5. The van der Waals surface area contributed by atoms with Crippen molar-refractivity contribution in [2.45, 2.75) is 77.6 Å². The molecule has 0 unspecified atom stereocenters. The molecule has 0 saturated heterocycles. The maximum atomic E-state index is 13.5. The van der Waals surface area contributed by atoms with E-state index in [4.69, 9.17) is 26.2 Å². The Morgan fingerprint density at radius 3 is 2.04 bits per heavy atom. The number of hydrogen-bond donors (Lipinski definition) is 2. The highest BCUT2D eigenvalue weighted by atomic mass is 35.5. The number of methoxy groups -OCH3 is 1. The van der Waals surface area contributed by atoms with E-state index >= 15 is 0 Å². The minimum absolute atomic E-state index is 0.0315. The molecule has 0 amide bonds. The number of carboxylic acids is 1. The van der Waals surface area contributed by atoms with E-state index in [-0.39, 0.29) is 43.1 Å². The van der Waals surface area contributed by atoms with Crippen molar-refractivity contribution in [3.8, 4) is 22.6 Å². The Morgan fingerprint density at radius 1 is 0.913 bits per heavy atom. The van der Waals surface area contributed by atoms with Gasteiger partial charge in [0.15, 0.2) is 0 Å². The van der Waals surface area contributed by atoms with Crippen molar-refractivity contribution >= 4 is 17.6 Å². The van der Waals surface area contributed by atoms with E-state index < -0.39 is 47.2 Å². The van der Waals surface area contributed by atoms with Gasteiger partial charge in [-0.05, 0) is 75.1 Å². The standard InChI is InChI=1S/C33H36ClF6NO5/c1-18(2)41(20(4)31(44)21-12-23(32(35,36)37)14-24(13-21)33(38,39)40)17-22-11-19(3)8-9-25(22)26-15-29(27(34)16-28(26)45-5)46-10-6-7-30(42)43/h8-9,11-16,18,20,31,44H,6-7,10,17H2,1-5H3,(H,42,43)/t20-,31-/m0/s1. The second kappa shape index (κ2) is 15.0. The van der Waals surface area contributed by atoms with Crippen LogP contribution in [-0.4, -0.2) is 46.9 Å². The van der Waals surface area contributed by atoms with Crippen LogP contribution in [0.15, 0.2) is 48.5 Å². The lowest BCUT2D eigenvalue weighted by Crippen LogP contribution is -2.42. The fraction of sp³-hybridized carbons (Fsp3) is 0.424. The number of aliphatic carboxylic acids is 1. The van der Waals surface area contributed by atoms with Crippen molar-refractivity contribution in [1.29, 1.82) is 0 Å². The largest absolute Gasteiger partial charge is 0.496 e. The average molecular weight is 676 g/mol. The Labute approximate surface area is 268 Å². The molecule has 252 valence electrons. The summed E-state index contributed by atoms with van der Waals surface area (Å²) in [5.74, 6) is -0.262. The van der Waals surface area contributed by atoms with Gasteiger partial charge in [-0.1, -0.05) is 35.4 Å². The van der Waals surface area contributed by atoms with Gasteiger partial charge in [-0.25, -0.2) is 0 Å². The first-order chi connectivity index (χ1) is 21.3. The molecular weight excluding hydrogens is 640 g/mol. The lowest BCUT2D eigenvalue weighted by molar-refractivity contribution is -0.143. The number of carboxylic acid groups (broad SMARTS) is 1. The van der Waals surface area contributed by atoms with Gasteiger partial charge in [0.05, 0.1) is 36.0 Å². The van der Waals surface area contributed by atoms with E-state index in [1.807, 2.05) is 25.1 Å². The molecular formula is C33H36ClF6NO5. The molecule has 0 aliphatic rings. The van der Waals surface area contributed by atoms with Gasteiger partial charge in [-0.15, -0.1) is 0 Å². The summed E-state index contributed by atoms with van der Waals surface area (Å²) in [6.45, 7) is 7.26. The van der Waals surface area contributed by atoms with Crippen LogP contribution in [0.1, 0.15) is 67.5 Å². The fourth-order valence-electron chi connectivity index (χ4n) is 5.15. The number of halogens is 7. The Balaban J connectivity index is 2.04. The van der Waals surface area contributed by atoms with Crippen molar-refractivity contribution < 1.29 is 50.8 Å². The van der Waals surface area contributed by atoms with E-state index in [1.165, 1.54) is 7.11 Å². The highest BCUT2D eigenvalue weighted by Crippen LogP contribution is 2.42. The zero-order chi connectivity index (χ0) is 34.6. The Morgan fingerprint density at radius 2 is 1.52 bits per heavy atom. The lowest BCUT2D eigenvalue weighted by Gasteiger charge is -2.36. The first-order valence-electron chi connectivity index (χ1n) is 14.4. The molecule has 3 aromatic rings. The number of aryl methyl sites for hydroxylation is 1. The third-order valence-electron chi connectivity index (χ3n) is 7.55. The average Bonchev–Trinajstić information content (AvgIpc) is 2.96. The Kier molecular flexibility index (Phi) is 12.0. The van der Waals surface area contributed by atoms with Gasteiger partial charge in [0, 0.05) is 36.7 Å². The summed E-state index contributed by atoms with van der Waals surface area (Å²) in [5.41, 5.74) is -0.645. The number of aliphatic hydroxyl groups is 1. The summed E-state index contributed by atoms with van der Waals surface area (Å²) in [7, 11) is 1.46. The number of carbonyl (C=O) groups is 1. The van der Waals surface area contributed by atoms with Gasteiger partial charge < -0.3 is 19.7 Å². The monoisotopic (exact) mass is 675 g/mol. The summed E-state index contributed by atoms with van der Waals surface area (Å²) >= 11 is 6.41. The zero-order valence-electron chi connectivity index (χ0n) is 25.9. The van der Waals surface area contributed by atoms with Crippen molar-refractivity contribution in [1.82, 2.24) is 4.90 Å². The molecule has 0 aliphatic carbocycles. The Bertz CT molecular complexity index is 1490. The summed E-state index contributed by atoms with van der Waals surface area (Å²) in [6.07, 6.45) is -11.6. The topological polar surface area (TPSA) is 79.2 Å². The number of alkyl halides is 6. The highest BCUT2D eigenvalue weighted by molar-refractivity contribution is 6.32. The molecule has 0 radical (unpaired) electrons. The van der Waals surface area contributed by atoms with Crippen LogP contribution in [0, 0.1) is 6.92 Å². The molecule has 3 aromatic carbocycles. The van der Waals surface area contributed by atoms with Gasteiger partial charge in [0.2, 0.25) is 0 Å². The molecule has 0 aromatic heterocycles. The van der Waals surface area contributed by atoms with Crippen LogP contribution in [0.4, 0.5) is 26.3 Å². The van der Waals surface area contributed by atoms with Gasteiger partial charge in [0.25, 0.3) is 0 Å². The zero-order valence-corrected chi connectivity index (χ0v) is 26.6. The molecule has 13 heteroatoms. The number of aliphatic hydroxyl groups excluding tert-OH is 1. The first-order valence-corrected chi connectivity index (χ1v) is 14.8. The second-order valence-corrected chi connectivity index (χ2v) is 11.7. The minimum Gasteiger partial charge on any atom is -0.496 e. The molecule has 0 spiro atoms. The van der Waals surface area contributed by atoms with Crippen LogP contribution in [-0.2, 0) is 23.7 Å². The van der Waals surface area contributed by atoms with Crippen LogP contribution in [0.25, 0.3) is 11.1 Å². The fourth-order valence-corrected chi connectivity index (χ4v) is 5.36. The third-order valence-corrected chi connectivity index (χ3v) is 7.84. The quantitative estimate of drug-likeness (QED) is 0.139. The maximum absolute atomic E-state index is 13.5. The SMILES string of the molecule is COc1cc(Cl)c(OCCCC(=O)O)cc1-c1ccc(C)cc1CN(C(C)C)[C@@H](C)[C@H](O)c1cc(C(F)(F)F)cc(C(F)(F)F)c1. The van der Waals surface area contributed by atoms with E-state index in [0.29, 0.717) is 34.8 Å². The molecule has 2 atom stereocenters. The van der Waals surface area contributed by atoms with E-state index in [1.54, 1.807) is 37.8 Å². The van der Waals surface area contributed by atoms with Gasteiger partial charge in [-0.2, -0.15) is 26.3 Å². The summed E-state index contributed by atoms with van der Waals surface area (Å²) in [5, 5.41) is 20.4. The Hall–Kier alpha value is -3.48. The van der Waals surface area contributed by atoms with Gasteiger partial charge >= 0.3 is 18.3 Å². The van der Waals surface area contributed by atoms with Crippen LogP contribution < -0.4 is 9.47 Å². The molecule has 0 heterocycles. The third kappa shape index (κ3) is 9.29. The van der Waals surface area contributed by atoms with Crippen molar-refractivity contribution in [3.05, 3.63) is 81.4 Å². The van der Waals surface area contributed by atoms with Gasteiger partial charge in [-0.3, -0.25) is 9.69 Å². The van der Waals surface area contributed by atoms with Crippen molar-refractivity contribution in [2.24, 2.45) is 0 Å². The van der Waals surface area contributed by atoms with Crippen molar-refractivity contribution in [3.63, 3.8) is 0 Å². The molecule has 0 bridgehead atoms. The summed E-state index contributed by atoms with van der Waals surface area (Å²) in [6, 6.07) is 8.71. The van der Waals surface area contributed by atoms with Crippen LogP contribution in [0.2, 0.25) is 5.02 Å². The molecule has 6 nitrogen and oxygen atoms in total. The molecule has 3 rings (SSSR count). The molecule has 0 aliphatic heterocycles. The summed E-state index contributed by atoms with van der Waals surface area (Å²) < 4.78 is 92.6. The highest BCUT2D eigenvalue weighted by Gasteiger charge is 2.38. The van der Waals surface area contributed by atoms with Crippen LogP contribution in [0.5, 0.6) is 11.5 Å². The minimum atomic E-state index is -5.05. The second-order valence-electron chi connectivity index (χ2n) is 11.3. The molecule has 0 saturated carbocycles. The van der Waals surface area contributed by atoms with Crippen LogP contribution >= 0.6 is 11.6 Å². The van der Waals surface area contributed by atoms with Gasteiger partial charge in [0.1, 0.15) is 11.5 Å². The van der Waals surface area contributed by atoms with Crippen LogP contribution in [0.3, 0.4) is 0 Å². The lowest BCUT2D eigenvalue weighted by atomic mass is 9.93. The molecule has 46 heavy (non-hydrogen) atoms. The molecule has 0 fully saturated rings. The molecule has 2 N–H and O–H groups in total. The number of rotatable bonds is 13. The van der Waals surface area contributed by atoms with E-state index in [2.05, 4.69) is 0 Å². The van der Waals surface area contributed by atoms with E-state index in [0.717, 1.165) is 11.1 Å². The van der Waals surface area contributed by atoms with E-state index in [9.17, 15) is 36.2 Å². The number of nitrogens with zero attached hydrogens (tertiary/aromatic N) is 1. The predicted molar refractivity (Wildman–Crippen MR) is 162 cm³/mol. The maximum Gasteiger partial charge on any atom is 0.416 e. The predicted octanol–water partition coefficient (Wildman–Crippen LogP) is 8.94. The number of benzene rings is 3. The summed E-state index contributed by atoms with van der Waals surface area (Å²) in [4.78, 5) is 12.7. The number of ether oxygens (including phenoxy) is 2. The smallest absolute Gasteiger partial charge is 0.416 e.